The van der Waals surface area contributed by atoms with Crippen LogP contribution in [0, 0.1) is 17.8 Å². The summed E-state index contributed by atoms with van der Waals surface area (Å²) < 4.78 is 5.57. The van der Waals surface area contributed by atoms with E-state index in [2.05, 4.69) is 33.0 Å². The number of hydrogen-bond donors (Lipinski definition) is 1. The molecule has 9 heteroatoms. The van der Waals surface area contributed by atoms with Gasteiger partial charge in [-0.2, -0.15) is 0 Å². The number of aromatic hydroxyl groups is 1. The number of phenols is 1. The lowest BCUT2D eigenvalue weighted by molar-refractivity contribution is -0.144. The van der Waals surface area contributed by atoms with Crippen LogP contribution in [0.3, 0.4) is 0 Å². The first-order valence-corrected chi connectivity index (χ1v) is 16.0. The highest BCUT2D eigenvalue weighted by Gasteiger charge is 2.57. The zero-order valence-corrected chi connectivity index (χ0v) is 26.0. The molecule has 0 radical (unpaired) electrons. The van der Waals surface area contributed by atoms with Crippen LogP contribution >= 0.6 is 15.9 Å². The predicted molar refractivity (Wildman–Crippen MR) is 166 cm³/mol. The molecule has 226 valence electrons. The van der Waals surface area contributed by atoms with Gasteiger partial charge in [0.15, 0.2) is 23.1 Å². The molecular formula is C35H33BrN2O6. The van der Waals surface area contributed by atoms with Crippen LogP contribution in [0.25, 0.3) is 0 Å². The fourth-order valence-electron chi connectivity index (χ4n) is 8.02. The van der Waals surface area contributed by atoms with Gasteiger partial charge in [-0.3, -0.25) is 29.0 Å². The number of rotatable bonds is 5. The lowest BCUT2D eigenvalue weighted by Gasteiger charge is -2.42. The Balaban J connectivity index is 1.19. The van der Waals surface area contributed by atoms with E-state index in [4.69, 9.17) is 4.74 Å². The number of nitrogens with zero attached hydrogens (tertiary/aromatic N) is 2. The summed E-state index contributed by atoms with van der Waals surface area (Å²) in [6.45, 7) is 2.45. The van der Waals surface area contributed by atoms with Crippen molar-refractivity contribution in [1.82, 2.24) is 9.80 Å². The summed E-state index contributed by atoms with van der Waals surface area (Å²) in [5, 5.41) is 10.3. The fourth-order valence-corrected chi connectivity index (χ4v) is 8.47. The number of hydrogen-bond acceptors (Lipinski definition) is 7. The molecule has 2 saturated heterocycles. The summed E-state index contributed by atoms with van der Waals surface area (Å²) in [5.41, 5.74) is 3.59. The van der Waals surface area contributed by atoms with Gasteiger partial charge in [0, 0.05) is 48.8 Å². The maximum Gasteiger partial charge on any atom is 0.233 e. The molecule has 2 heterocycles. The van der Waals surface area contributed by atoms with Crippen LogP contribution in [0.15, 0.2) is 81.9 Å². The number of allylic oxidation sites excluding steroid dienone is 6. The lowest BCUT2D eigenvalue weighted by Crippen LogP contribution is -2.47. The highest BCUT2D eigenvalue weighted by atomic mass is 79.9. The third-order valence-electron chi connectivity index (χ3n) is 10.1. The van der Waals surface area contributed by atoms with Gasteiger partial charge in [-0.25, -0.2) is 0 Å². The number of amides is 2. The minimum atomic E-state index is -0.592. The monoisotopic (exact) mass is 656 g/mol. The molecule has 4 atom stereocenters. The van der Waals surface area contributed by atoms with Gasteiger partial charge in [-0.1, -0.05) is 48.0 Å². The second kappa shape index (κ2) is 11.3. The summed E-state index contributed by atoms with van der Waals surface area (Å²) in [5.74, 6) is -2.65. The van der Waals surface area contributed by atoms with Gasteiger partial charge in [0.2, 0.25) is 11.8 Å². The Morgan fingerprint density at radius 3 is 2.45 bits per heavy atom. The van der Waals surface area contributed by atoms with Crippen molar-refractivity contribution in [2.24, 2.45) is 17.8 Å². The number of piperidine rings is 1. The number of halogens is 1. The van der Waals surface area contributed by atoms with Crippen molar-refractivity contribution < 1.29 is 29.0 Å². The SMILES string of the molecule is COc1cc([C@H]2C3=CC[C@@H]4C(=O)N(C5CCN(Cc6ccccc6)CC5)C(=O)[C@@H]4[C@@H]3CC3=C2C(=O)C=C(Br)C3=O)ccc1O. The Morgan fingerprint density at radius 1 is 0.977 bits per heavy atom. The van der Waals surface area contributed by atoms with E-state index in [-0.39, 0.29) is 51.8 Å². The van der Waals surface area contributed by atoms with Crippen molar-refractivity contribution in [1.29, 1.82) is 0 Å². The van der Waals surface area contributed by atoms with Crippen LogP contribution in [0.2, 0.25) is 0 Å². The largest absolute Gasteiger partial charge is 0.504 e. The minimum absolute atomic E-state index is 0.0359. The highest BCUT2D eigenvalue weighted by Crippen LogP contribution is 2.56. The van der Waals surface area contributed by atoms with Gasteiger partial charge in [0.25, 0.3) is 0 Å². The van der Waals surface area contributed by atoms with E-state index in [9.17, 15) is 24.3 Å². The molecular weight excluding hydrogens is 624 g/mol. The number of methoxy groups -OCH3 is 1. The third kappa shape index (κ3) is 4.68. The molecule has 7 rings (SSSR count). The van der Waals surface area contributed by atoms with Gasteiger partial charge in [0.05, 0.1) is 23.4 Å². The molecule has 0 spiro atoms. The average molecular weight is 658 g/mol. The normalized spacial score (nSPS) is 27.5. The van der Waals surface area contributed by atoms with Gasteiger partial charge in [-0.15, -0.1) is 0 Å². The molecule has 8 nitrogen and oxygen atoms in total. The number of carbonyl (C=O) groups is 4. The fraction of sp³-hybridized carbons (Fsp3) is 0.371. The van der Waals surface area contributed by atoms with Crippen LogP contribution < -0.4 is 4.74 Å². The highest BCUT2D eigenvalue weighted by molar-refractivity contribution is 9.12. The van der Waals surface area contributed by atoms with Crippen LogP contribution in [-0.2, 0) is 25.7 Å². The zero-order chi connectivity index (χ0) is 30.7. The second-order valence-electron chi connectivity index (χ2n) is 12.4. The first-order chi connectivity index (χ1) is 21.3. The number of fused-ring (bicyclic) bond motifs is 3. The second-order valence-corrected chi connectivity index (χ2v) is 13.2. The Bertz CT molecular complexity index is 1670. The van der Waals surface area contributed by atoms with E-state index >= 15 is 0 Å². The molecule has 2 aliphatic heterocycles. The molecule has 2 amide bonds. The van der Waals surface area contributed by atoms with Crippen molar-refractivity contribution in [2.75, 3.05) is 20.2 Å². The summed E-state index contributed by atoms with van der Waals surface area (Å²) in [4.78, 5) is 59.0. The molecule has 0 saturated carbocycles. The first kappa shape index (κ1) is 28.9. The quantitative estimate of drug-likeness (QED) is 0.279. The van der Waals surface area contributed by atoms with E-state index in [1.54, 1.807) is 12.1 Å². The summed E-state index contributed by atoms with van der Waals surface area (Å²) in [6, 6.07) is 15.1. The molecule has 2 aromatic rings. The number of ether oxygens (including phenoxy) is 1. The summed E-state index contributed by atoms with van der Waals surface area (Å²) in [7, 11) is 1.45. The van der Waals surface area contributed by atoms with Gasteiger partial charge < -0.3 is 9.84 Å². The number of benzene rings is 2. The molecule has 1 N–H and O–H groups in total. The standard InChI is InChI=1S/C35H33BrN2O6/c1-44-29-15-20(7-10-27(29)39)30-22-8-9-23-31(24(22)16-25-32(30)28(40)17-26(36)33(25)41)35(43)38(34(23)42)21-11-13-37(14-12-21)18-19-5-3-2-4-6-19/h2-8,10,15,17,21,23-24,30-31,39H,9,11-14,16,18H2,1H3/t23-,24+,30-,31-/m0/s1. The van der Waals surface area contributed by atoms with Crippen LogP contribution in [-0.4, -0.2) is 64.5 Å². The summed E-state index contributed by atoms with van der Waals surface area (Å²) in [6.07, 6.45) is 5.41. The smallest absolute Gasteiger partial charge is 0.233 e. The van der Waals surface area contributed by atoms with Crippen molar-refractivity contribution in [3.63, 3.8) is 0 Å². The summed E-state index contributed by atoms with van der Waals surface area (Å²) >= 11 is 3.27. The van der Waals surface area contributed by atoms with Crippen molar-refractivity contribution >= 4 is 39.3 Å². The van der Waals surface area contributed by atoms with Crippen LogP contribution in [0.5, 0.6) is 11.5 Å². The topological polar surface area (TPSA) is 104 Å². The molecule has 0 bridgehead atoms. The number of imide groups is 1. The lowest BCUT2D eigenvalue weighted by atomic mass is 9.59. The van der Waals surface area contributed by atoms with Crippen LogP contribution in [0.1, 0.15) is 42.7 Å². The Morgan fingerprint density at radius 2 is 1.73 bits per heavy atom. The molecule has 44 heavy (non-hydrogen) atoms. The molecule has 2 aromatic carbocycles. The van der Waals surface area contributed by atoms with Gasteiger partial charge in [-0.05, 0) is 70.8 Å². The van der Waals surface area contributed by atoms with Crippen LogP contribution in [0.4, 0.5) is 0 Å². The number of phenolic OH excluding ortho intramolecular Hbond substituents is 1. The van der Waals surface area contributed by atoms with Gasteiger partial charge in [0.1, 0.15) is 0 Å². The Kier molecular flexibility index (Phi) is 7.41. The van der Waals surface area contributed by atoms with Crippen molar-refractivity contribution in [3.05, 3.63) is 93.0 Å². The average Bonchev–Trinajstić information content (AvgIpc) is 3.29. The van der Waals surface area contributed by atoms with E-state index in [1.807, 2.05) is 24.3 Å². The molecule has 0 unspecified atom stereocenters. The van der Waals surface area contributed by atoms with E-state index in [1.165, 1.54) is 29.7 Å². The van der Waals surface area contributed by atoms with Crippen molar-refractivity contribution in [3.8, 4) is 11.5 Å². The predicted octanol–water partition coefficient (Wildman–Crippen LogP) is 4.83. The molecule has 5 aliphatic rings. The molecule has 0 aromatic heterocycles. The molecule has 2 fully saturated rings. The van der Waals surface area contributed by atoms with E-state index in [0.717, 1.165) is 38.0 Å². The van der Waals surface area contributed by atoms with Crippen molar-refractivity contribution in [2.45, 2.75) is 44.2 Å². The number of carbonyl (C=O) groups excluding carboxylic acids is 4. The number of Topliss-reactive ketones (excluding diaryl/α,β-unsaturated/α-hetero) is 1. The number of likely N-dealkylation sites (tertiary alicyclic amines) is 2. The Hall–Kier alpha value is -3.82. The maximum absolute atomic E-state index is 14.3. The Labute approximate surface area is 264 Å². The third-order valence-corrected chi connectivity index (χ3v) is 10.7. The number of ketones is 2. The zero-order valence-electron chi connectivity index (χ0n) is 24.4. The van der Waals surface area contributed by atoms with Gasteiger partial charge >= 0.3 is 0 Å². The van der Waals surface area contributed by atoms with E-state index in [0.29, 0.717) is 23.1 Å². The van der Waals surface area contributed by atoms with E-state index < -0.39 is 23.7 Å². The minimum Gasteiger partial charge on any atom is -0.504 e. The molecule has 3 aliphatic carbocycles. The maximum atomic E-state index is 14.3. The first-order valence-electron chi connectivity index (χ1n) is 15.2.